The molecule has 8 aliphatic heterocycles. The Morgan fingerprint density at radius 2 is 0.687 bits per heavy atom. The Hall–Kier alpha value is -12.0. The maximum Gasteiger partial charge on any atom is 0.410 e. The molecule has 3 saturated heterocycles. The van der Waals surface area contributed by atoms with Gasteiger partial charge in [0.1, 0.15) is 29.0 Å². The van der Waals surface area contributed by atoms with E-state index in [0.29, 0.717) is 158 Å². The maximum atomic E-state index is 13.0. The third-order valence-electron chi connectivity index (χ3n) is 21.1. The van der Waals surface area contributed by atoms with Crippen LogP contribution in [0.3, 0.4) is 0 Å². The van der Waals surface area contributed by atoms with Crippen LogP contribution in [0.1, 0.15) is 171 Å². The summed E-state index contributed by atoms with van der Waals surface area (Å²) in [5.74, 6) is -2.48. The SMILES string of the molecule is CC(C)(C)OC(=O)N1CC(I)C1.CN(O)C(=O)c1n[nH]c2c1CN(C(=O)Nc1cccc(Cl)c1)CC2.CN(O)C(=O)c1n[nH]c2c1CN(C(=O)OC(C)(C)C)CC2.CN(O)C(=O)c1n[nH]c2c1CNCC2.CN(OC1CN(C(=O)OC(C)(C)C)C1)C(=O)c1n[nH]c2c1CN(C(=O)Nc1cccc(Cl)c1)CC2.CN(OC1CNC1)C(=O)c1n[nH]c2c1CN(C(=O)Nc1cccc(Cl)c1)CC2. The lowest BCUT2D eigenvalue weighted by molar-refractivity contribution is -0.186. The molecule has 0 atom stereocenters. The van der Waals surface area contributed by atoms with E-state index in [1.54, 1.807) is 141 Å². The van der Waals surface area contributed by atoms with Gasteiger partial charge in [-0.2, -0.15) is 25.5 Å². The first-order chi connectivity index (χ1) is 63.2. The predicted octanol–water partition coefficient (Wildman–Crippen LogP) is 9.74. The molecule has 8 aromatic rings. The molecular formula is C85H112Cl3IN26O19. The van der Waals surface area contributed by atoms with Crippen molar-refractivity contribution in [2.75, 3.05) is 123 Å². The Bertz CT molecular complexity index is 5550. The van der Waals surface area contributed by atoms with E-state index in [1.165, 1.54) is 43.1 Å². The van der Waals surface area contributed by atoms with E-state index in [0.717, 1.165) is 70.7 Å². The van der Waals surface area contributed by atoms with Crippen molar-refractivity contribution in [2.24, 2.45) is 0 Å². The fraction of sp³-hybridized carbons (Fsp3) is 0.482. The Balaban J connectivity index is 0.000000160. The Labute approximate surface area is 800 Å². The second-order valence-corrected chi connectivity index (χ2v) is 38.2. The van der Waals surface area contributed by atoms with E-state index in [2.05, 4.69) is 100 Å². The molecule has 49 heteroatoms. The summed E-state index contributed by atoms with van der Waals surface area (Å²) in [5.41, 5.74) is 9.07. The van der Waals surface area contributed by atoms with Gasteiger partial charge in [0.15, 0.2) is 28.5 Å². The van der Waals surface area contributed by atoms with Crippen molar-refractivity contribution >= 4 is 140 Å². The van der Waals surface area contributed by atoms with Gasteiger partial charge in [0.2, 0.25) is 0 Å². The number of ether oxygens (including phenoxy) is 3. The monoisotopic (exact) mass is 2030 g/mol. The molecule has 0 bridgehead atoms. The predicted molar refractivity (Wildman–Crippen MR) is 494 cm³/mol. The lowest BCUT2D eigenvalue weighted by Crippen LogP contribution is -2.57. The Morgan fingerprint density at radius 1 is 0.396 bits per heavy atom. The number of aromatic amines is 5. The van der Waals surface area contributed by atoms with E-state index in [4.69, 9.17) is 63.9 Å². The van der Waals surface area contributed by atoms with Crippen LogP contribution in [0.4, 0.5) is 45.8 Å². The normalized spacial score (nSPS) is 15.5. The number of alkyl halides is 1. The zero-order chi connectivity index (χ0) is 97.5. The van der Waals surface area contributed by atoms with Gasteiger partial charge in [-0.05, 0) is 117 Å². The number of carbonyl (C=O) groups is 11. The first-order valence-electron chi connectivity index (χ1n) is 42.8. The van der Waals surface area contributed by atoms with E-state index in [-0.39, 0.29) is 96.9 Å². The average Bonchev–Trinajstić information content (AvgIpc) is 1.64. The summed E-state index contributed by atoms with van der Waals surface area (Å²) in [6.07, 6.45) is 1.72. The number of halogens is 4. The standard InChI is InChI=1S/C23H29ClN6O5.C18H21ClN6O3.C15H16ClN5O3.C13H20N4O4.C8H14INO2.C8H12N4O2/c1-23(2,3)34-22(33)30-11-16(12-30)35-28(4)20(31)19-17-13-29(9-8-18(17)26-27-19)21(32)25-15-7-5-6-14(24)10-15;1-24(28-13-8-20-9-13)17(26)16-14-10-25(6-5-15(14)22-23-16)18(27)21-12-4-2-3-11(19)7-12;1-20(24)14(22)13-11-8-21(6-5-12(11)18-19-13)15(23)17-10-4-2-3-9(16)7-10;1-13(2,3)21-12(19)17-6-5-9-8(7-17)10(15-14-9)11(18)16(4)20;1-8(2,3)12-7(11)10-4-6(9)5-10;1-12(14)8(13)7-5-4-9-3-2-6(5)10-11-7/h5-7,10,16H,8-9,11-13H2,1-4H3,(H,25,32)(H,26,27);2-4,7,13,20H,5-6,8-10H2,1H3,(H,21,27)(H,22,23);2-4,7,24H,5-6,8H2,1H3,(H,17,23)(H,18,19);20H,5-7H2,1-4H3,(H,14,15);6H,4-5H2,1-3H3;9,14H,2-4H2,1H3,(H,10,11). The first kappa shape index (κ1) is 103. The summed E-state index contributed by atoms with van der Waals surface area (Å²) in [6, 6.07) is 19.9. The number of H-pyrrole nitrogens is 5. The minimum Gasteiger partial charge on any atom is -0.444 e. The molecular weight excluding hydrogens is 1920 g/mol. The Kier molecular flexibility index (Phi) is 34.3. The van der Waals surface area contributed by atoms with Crippen LogP contribution >= 0.6 is 57.4 Å². The molecule has 0 saturated carbocycles. The topological polar surface area (TPSA) is 534 Å². The van der Waals surface area contributed by atoms with Crippen LogP contribution in [0.5, 0.6) is 0 Å². The number of hydroxylamine groups is 10. The van der Waals surface area contributed by atoms with Crippen LogP contribution in [0.2, 0.25) is 15.1 Å². The van der Waals surface area contributed by atoms with Gasteiger partial charge in [0.05, 0.1) is 39.3 Å². The van der Waals surface area contributed by atoms with Crippen LogP contribution < -0.4 is 26.6 Å². The average molecular weight is 2040 g/mol. The van der Waals surface area contributed by atoms with Gasteiger partial charge in [0, 0.05) is 225 Å². The first-order valence-corrected chi connectivity index (χ1v) is 45.2. The number of rotatable bonds is 12. The highest BCUT2D eigenvalue weighted by atomic mass is 127. The molecule has 8 aliphatic rings. The van der Waals surface area contributed by atoms with Crippen LogP contribution in [0.15, 0.2) is 72.8 Å². The van der Waals surface area contributed by atoms with Gasteiger partial charge in [-0.1, -0.05) is 75.6 Å². The molecule has 5 aromatic heterocycles. The number of nitrogens with one attached hydrogen (secondary N) is 10. The lowest BCUT2D eigenvalue weighted by atomic mass is 10.1. The van der Waals surface area contributed by atoms with Crippen molar-refractivity contribution < 1.29 is 92.2 Å². The van der Waals surface area contributed by atoms with Crippen molar-refractivity contribution in [3.05, 3.63) is 173 Å². The second-order valence-electron chi connectivity index (χ2n) is 35.1. The largest absolute Gasteiger partial charge is 0.444 e. The van der Waals surface area contributed by atoms with Crippen molar-refractivity contribution in [1.29, 1.82) is 0 Å². The fourth-order valence-corrected chi connectivity index (χ4v) is 15.6. The Morgan fingerprint density at radius 3 is 0.993 bits per heavy atom. The van der Waals surface area contributed by atoms with E-state index >= 15 is 0 Å². The lowest BCUT2D eigenvalue weighted by Gasteiger charge is -2.40. The summed E-state index contributed by atoms with van der Waals surface area (Å²) in [4.78, 5) is 155. The number of urea groups is 3. The molecule has 0 spiro atoms. The minimum atomic E-state index is -0.621. The van der Waals surface area contributed by atoms with Crippen molar-refractivity contribution in [3.8, 4) is 0 Å². The number of benzene rings is 3. The van der Waals surface area contributed by atoms with E-state index in [1.807, 2.05) is 20.8 Å². The number of aromatic nitrogens is 10. The number of fused-ring (bicyclic) bond motifs is 5. The summed E-state index contributed by atoms with van der Waals surface area (Å²) >= 11 is 20.2. The molecule has 3 fully saturated rings. The third kappa shape index (κ3) is 27.9. The zero-order valence-corrected chi connectivity index (χ0v) is 81.0. The summed E-state index contributed by atoms with van der Waals surface area (Å²) in [6.45, 7) is 24.7. The highest BCUT2D eigenvalue weighted by molar-refractivity contribution is 14.1. The van der Waals surface area contributed by atoms with Gasteiger partial charge in [0.25, 0.3) is 29.5 Å². The molecule has 13 heterocycles. The van der Waals surface area contributed by atoms with Gasteiger partial charge < -0.3 is 70.2 Å². The molecule has 134 heavy (non-hydrogen) atoms. The summed E-state index contributed by atoms with van der Waals surface area (Å²) in [7, 11) is 6.84. The molecule has 45 nitrogen and oxygen atoms in total. The quantitative estimate of drug-likeness (QED) is 0.0178. The smallest absolute Gasteiger partial charge is 0.410 e. The number of nitrogens with zero attached hydrogens (tertiary/aromatic N) is 16. The molecule has 13 N–H and O–H groups in total. The number of amides is 14. The molecule has 16 rings (SSSR count). The molecule has 0 aliphatic carbocycles. The fourth-order valence-electron chi connectivity index (χ4n) is 14.1. The minimum absolute atomic E-state index is 0.0105. The summed E-state index contributed by atoms with van der Waals surface area (Å²) in [5, 5.41) is 82.0. The number of hydrogen-bond acceptors (Lipinski definition) is 26. The van der Waals surface area contributed by atoms with Crippen LogP contribution in [0, 0.1) is 0 Å². The van der Waals surface area contributed by atoms with Gasteiger partial charge in [-0.25, -0.2) is 54.1 Å². The van der Waals surface area contributed by atoms with E-state index in [9.17, 15) is 63.2 Å². The number of anilines is 3. The molecule has 0 unspecified atom stereocenters. The maximum absolute atomic E-state index is 13.0. The number of likely N-dealkylation sites (tertiary alicyclic amines) is 2. The van der Waals surface area contributed by atoms with E-state index < -0.39 is 47.0 Å². The van der Waals surface area contributed by atoms with Crippen molar-refractivity contribution in [2.45, 2.75) is 160 Å². The van der Waals surface area contributed by atoms with Crippen LogP contribution in [0.25, 0.3) is 0 Å². The number of carbonyl (C=O) groups excluding carboxylic acids is 11. The van der Waals surface area contributed by atoms with Gasteiger partial charge in [-0.3, -0.25) is 74.8 Å². The van der Waals surface area contributed by atoms with Crippen LogP contribution in [-0.2, 0) is 88.7 Å². The molecule has 0 radical (unpaired) electrons. The van der Waals surface area contributed by atoms with Crippen LogP contribution in [-0.4, -0.2) is 327 Å². The van der Waals surface area contributed by atoms with Gasteiger partial charge in [-0.15, -0.1) is 0 Å². The molecule has 724 valence electrons. The number of hydrogen-bond donors (Lipinski definition) is 13. The zero-order valence-electron chi connectivity index (χ0n) is 76.6. The highest BCUT2D eigenvalue weighted by Crippen LogP contribution is 2.31. The third-order valence-corrected chi connectivity index (χ3v) is 22.6. The molecule has 14 amide bonds. The summed E-state index contributed by atoms with van der Waals surface area (Å²) < 4.78 is 16.4. The van der Waals surface area contributed by atoms with Gasteiger partial charge >= 0.3 is 36.4 Å². The highest BCUT2D eigenvalue weighted by Gasteiger charge is 2.40. The second kappa shape index (κ2) is 44.9. The van der Waals surface area contributed by atoms with Crippen molar-refractivity contribution in [1.82, 2.24) is 116 Å². The van der Waals surface area contributed by atoms with Crippen molar-refractivity contribution in [3.63, 3.8) is 0 Å². The molecule has 3 aromatic carbocycles.